The van der Waals surface area contributed by atoms with E-state index < -0.39 is 10.8 Å². The number of aryl methyl sites for hydroxylation is 2. The minimum Gasteiger partial charge on any atom is -0.352 e. The number of nitrogens with one attached hydrogen (secondary N) is 1. The molecule has 5 rings (SSSR count). The monoisotopic (exact) mass is 543 g/mol. The highest BCUT2D eigenvalue weighted by Crippen LogP contribution is 2.36. The molecule has 2 aliphatic heterocycles. The van der Waals surface area contributed by atoms with E-state index in [1.807, 2.05) is 13.8 Å². The van der Waals surface area contributed by atoms with E-state index in [4.69, 9.17) is 0 Å². The van der Waals surface area contributed by atoms with Gasteiger partial charge in [-0.1, -0.05) is 48.7 Å². The van der Waals surface area contributed by atoms with Gasteiger partial charge >= 0.3 is 0 Å². The smallest absolute Gasteiger partial charge is 0.259 e. The summed E-state index contributed by atoms with van der Waals surface area (Å²) in [5.74, 6) is -0.394. The Balaban J connectivity index is 1.40. The minimum atomic E-state index is -1.55. The van der Waals surface area contributed by atoms with Crippen LogP contribution in [0, 0.1) is 13.8 Å². The fourth-order valence-corrected chi connectivity index (χ4v) is 6.81. The minimum absolute atomic E-state index is 0.180. The van der Waals surface area contributed by atoms with Gasteiger partial charge in [0.05, 0.1) is 38.4 Å². The maximum Gasteiger partial charge on any atom is 0.259 e. The second-order valence-corrected chi connectivity index (χ2v) is 12.1. The highest BCUT2D eigenvalue weighted by atomic mass is 32.2. The zero-order valence-corrected chi connectivity index (χ0v) is 23.7. The van der Waals surface area contributed by atoms with E-state index in [2.05, 4.69) is 28.4 Å². The summed E-state index contributed by atoms with van der Waals surface area (Å²) in [6.07, 6.45) is 6.02. The van der Waals surface area contributed by atoms with E-state index in [1.165, 1.54) is 25.7 Å². The number of fused-ring (bicyclic) bond motifs is 2. The first-order valence-corrected chi connectivity index (χ1v) is 15.1. The molecule has 7 heteroatoms. The Labute approximate surface area is 233 Å². The highest BCUT2D eigenvalue weighted by molar-refractivity contribution is 7.85. The van der Waals surface area contributed by atoms with Gasteiger partial charge in [0.25, 0.3) is 11.8 Å². The molecule has 3 aromatic carbocycles. The third-order valence-electron chi connectivity index (χ3n) is 7.74. The molecule has 0 aromatic heterocycles. The number of anilines is 1. The standard InChI is InChI=1S/C32H37N3O3S/c1-23-12-13-24(2)26(20-23)22-35-28-21-25(31(36)33-16-9-19-34-17-7-3-4-8-18-34)14-15-30(28)39(38)29-11-6-5-10-27(29)32(35)37/h5-6,10-15,20-21H,3-4,7-9,16-19,22H2,1-2H3,(H,33,36)/t39-/m0/s1. The predicted octanol–water partition coefficient (Wildman–Crippen LogP) is 5.63. The Hall–Kier alpha value is -3.29. The molecule has 39 heavy (non-hydrogen) atoms. The summed E-state index contributed by atoms with van der Waals surface area (Å²) in [5.41, 5.74) is 4.61. The van der Waals surface area contributed by atoms with Crippen molar-refractivity contribution in [2.24, 2.45) is 0 Å². The number of rotatable bonds is 7. The largest absolute Gasteiger partial charge is 0.352 e. The second kappa shape index (κ2) is 12.3. The van der Waals surface area contributed by atoms with Crippen LogP contribution in [0.2, 0.25) is 0 Å². The predicted molar refractivity (Wildman–Crippen MR) is 156 cm³/mol. The Morgan fingerprint density at radius 1 is 0.923 bits per heavy atom. The number of carbonyl (C=O) groups is 2. The number of hydrogen-bond acceptors (Lipinski definition) is 4. The highest BCUT2D eigenvalue weighted by Gasteiger charge is 2.31. The van der Waals surface area contributed by atoms with Crippen LogP contribution in [0.4, 0.5) is 5.69 Å². The summed E-state index contributed by atoms with van der Waals surface area (Å²) < 4.78 is 13.7. The first kappa shape index (κ1) is 27.3. The van der Waals surface area contributed by atoms with Gasteiger partial charge < -0.3 is 15.1 Å². The van der Waals surface area contributed by atoms with Crippen molar-refractivity contribution in [3.8, 4) is 0 Å². The lowest BCUT2D eigenvalue weighted by Gasteiger charge is -2.24. The van der Waals surface area contributed by atoms with Crippen LogP contribution in [-0.2, 0) is 17.3 Å². The lowest BCUT2D eigenvalue weighted by Crippen LogP contribution is -2.32. The molecular weight excluding hydrogens is 506 g/mol. The molecule has 6 nitrogen and oxygen atoms in total. The zero-order valence-electron chi connectivity index (χ0n) is 22.9. The maximum atomic E-state index is 13.9. The summed E-state index contributed by atoms with van der Waals surface area (Å²) in [6, 6.07) is 18.4. The summed E-state index contributed by atoms with van der Waals surface area (Å²) in [5, 5.41) is 3.05. The fourth-order valence-electron chi connectivity index (χ4n) is 5.47. The van der Waals surface area contributed by atoms with Crippen LogP contribution in [0.25, 0.3) is 0 Å². The van der Waals surface area contributed by atoms with Crippen LogP contribution in [-0.4, -0.2) is 47.1 Å². The van der Waals surface area contributed by atoms with Gasteiger partial charge in [0, 0.05) is 12.1 Å². The fraction of sp³-hybridized carbons (Fsp3) is 0.375. The topological polar surface area (TPSA) is 69.7 Å². The Morgan fingerprint density at radius 3 is 2.49 bits per heavy atom. The molecule has 1 atom stereocenters. The SMILES string of the molecule is Cc1ccc(C)c(CN2C(=O)c3ccccc3[S@](=O)c3ccc(C(=O)NCCCN4CCCCCC4)cc32)c1. The first-order valence-electron chi connectivity index (χ1n) is 14.0. The van der Waals surface area contributed by atoms with Crippen LogP contribution in [0.5, 0.6) is 0 Å². The van der Waals surface area contributed by atoms with E-state index >= 15 is 0 Å². The number of carbonyl (C=O) groups excluding carboxylic acids is 2. The average molecular weight is 544 g/mol. The third-order valence-corrected chi connectivity index (χ3v) is 9.24. The average Bonchev–Trinajstić information content (AvgIpc) is 3.27. The molecule has 3 aromatic rings. The molecule has 0 saturated carbocycles. The summed E-state index contributed by atoms with van der Waals surface area (Å²) in [7, 11) is -1.55. The van der Waals surface area contributed by atoms with E-state index in [0.717, 1.165) is 42.7 Å². The number of hydrogen-bond donors (Lipinski definition) is 1. The van der Waals surface area contributed by atoms with Crippen molar-refractivity contribution in [1.29, 1.82) is 0 Å². The molecule has 2 amide bonds. The van der Waals surface area contributed by atoms with Crippen molar-refractivity contribution in [2.45, 2.75) is 62.3 Å². The van der Waals surface area contributed by atoms with E-state index in [0.29, 0.717) is 39.7 Å². The van der Waals surface area contributed by atoms with Crippen LogP contribution < -0.4 is 10.2 Å². The zero-order chi connectivity index (χ0) is 27.4. The Morgan fingerprint density at radius 2 is 1.69 bits per heavy atom. The molecule has 2 aliphatic rings. The quantitative estimate of drug-likeness (QED) is 0.393. The van der Waals surface area contributed by atoms with E-state index in [9.17, 15) is 13.8 Å². The van der Waals surface area contributed by atoms with E-state index in [1.54, 1.807) is 47.4 Å². The van der Waals surface area contributed by atoms with Gasteiger partial charge in [0.1, 0.15) is 0 Å². The van der Waals surface area contributed by atoms with Gasteiger partial charge in [-0.25, -0.2) is 4.21 Å². The van der Waals surface area contributed by atoms with Crippen molar-refractivity contribution in [2.75, 3.05) is 31.1 Å². The molecule has 1 N–H and O–H groups in total. The van der Waals surface area contributed by atoms with Gasteiger partial charge in [-0.15, -0.1) is 0 Å². The molecule has 0 unspecified atom stereocenters. The van der Waals surface area contributed by atoms with Crippen molar-refractivity contribution in [1.82, 2.24) is 10.2 Å². The van der Waals surface area contributed by atoms with Crippen LogP contribution in [0.15, 0.2) is 70.5 Å². The molecule has 0 aliphatic carbocycles. The van der Waals surface area contributed by atoms with Crippen molar-refractivity contribution in [3.05, 3.63) is 88.5 Å². The molecule has 1 saturated heterocycles. The maximum absolute atomic E-state index is 13.9. The lowest BCUT2D eigenvalue weighted by molar-refractivity contribution is 0.0948. The van der Waals surface area contributed by atoms with Crippen molar-refractivity contribution >= 4 is 28.3 Å². The lowest BCUT2D eigenvalue weighted by atomic mass is 10.0. The molecule has 0 bridgehead atoms. The first-order chi connectivity index (χ1) is 18.9. The second-order valence-electron chi connectivity index (χ2n) is 10.6. The van der Waals surface area contributed by atoms with Crippen molar-refractivity contribution < 1.29 is 13.8 Å². The molecule has 2 heterocycles. The number of amides is 2. The summed E-state index contributed by atoms with van der Waals surface area (Å²) in [4.78, 5) is 32.3. The van der Waals surface area contributed by atoms with E-state index in [-0.39, 0.29) is 11.8 Å². The van der Waals surface area contributed by atoms with Crippen molar-refractivity contribution in [3.63, 3.8) is 0 Å². The molecule has 1 fully saturated rings. The number of nitrogens with zero attached hydrogens (tertiary/aromatic N) is 2. The van der Waals surface area contributed by atoms with Gasteiger partial charge in [-0.2, -0.15) is 0 Å². The van der Waals surface area contributed by atoms with Crippen LogP contribution in [0.1, 0.15) is 69.5 Å². The van der Waals surface area contributed by atoms with Gasteiger partial charge in [0.2, 0.25) is 0 Å². The molecule has 0 radical (unpaired) electrons. The summed E-state index contributed by atoms with van der Waals surface area (Å²) >= 11 is 0. The summed E-state index contributed by atoms with van der Waals surface area (Å²) in [6.45, 7) is 8.24. The Bertz CT molecular complexity index is 1400. The van der Waals surface area contributed by atoms with Gasteiger partial charge in [-0.3, -0.25) is 9.59 Å². The molecule has 0 spiro atoms. The Kier molecular flexibility index (Phi) is 8.58. The number of likely N-dealkylation sites (tertiary alicyclic amines) is 1. The molecule has 204 valence electrons. The number of benzene rings is 3. The van der Waals surface area contributed by atoms with Gasteiger partial charge in [-0.05, 0) is 94.2 Å². The molecular formula is C32H37N3O3S. The van der Waals surface area contributed by atoms with Gasteiger partial charge in [0.15, 0.2) is 0 Å². The normalized spacial score (nSPS) is 17.6. The van der Waals surface area contributed by atoms with Crippen LogP contribution in [0.3, 0.4) is 0 Å². The third kappa shape index (κ3) is 6.15. The van der Waals surface area contributed by atoms with Crippen LogP contribution >= 0.6 is 0 Å².